The molecular weight excluding hydrogens is 258 g/mol. The molecule has 1 aromatic carbocycles. The number of hydrogen-bond acceptors (Lipinski definition) is 2. The Morgan fingerprint density at radius 1 is 1.16 bits per heavy atom. The predicted molar refractivity (Wildman–Crippen MR) is 83.8 cm³/mol. The van der Waals surface area contributed by atoms with Gasteiger partial charge in [-0.2, -0.15) is 0 Å². The van der Waals surface area contributed by atoms with Crippen molar-refractivity contribution in [3.63, 3.8) is 0 Å². The van der Waals surface area contributed by atoms with Gasteiger partial charge in [-0.3, -0.25) is 4.90 Å². The van der Waals surface area contributed by atoms with Crippen LogP contribution in [-0.2, 0) is 11.3 Å². The Balaban J connectivity index is 0.00000324. The summed E-state index contributed by atoms with van der Waals surface area (Å²) in [5.41, 5.74) is 1.46. The predicted octanol–water partition coefficient (Wildman–Crippen LogP) is 4.08. The third-order valence-corrected chi connectivity index (χ3v) is 3.12. The zero-order valence-corrected chi connectivity index (χ0v) is 13.3. The monoisotopic (exact) mass is 283 g/mol. The highest BCUT2D eigenvalue weighted by Gasteiger charge is 2.20. The number of carbonyl (C=O) groups is 1. The largest absolute Gasteiger partial charge is 0.300 e. The highest BCUT2D eigenvalue weighted by atomic mass is 35.5. The summed E-state index contributed by atoms with van der Waals surface area (Å²) in [5, 5.41) is 0. The van der Waals surface area contributed by atoms with Gasteiger partial charge in [0.1, 0.15) is 5.78 Å². The van der Waals surface area contributed by atoms with Crippen molar-refractivity contribution >= 4 is 18.2 Å². The second kappa shape index (κ2) is 8.34. The molecule has 1 aromatic rings. The van der Waals surface area contributed by atoms with Crippen LogP contribution >= 0.6 is 12.4 Å². The van der Waals surface area contributed by atoms with Gasteiger partial charge in [-0.15, -0.1) is 12.4 Å². The number of benzene rings is 1. The van der Waals surface area contributed by atoms with Gasteiger partial charge in [0.15, 0.2) is 0 Å². The van der Waals surface area contributed by atoms with Crippen LogP contribution in [0.4, 0.5) is 0 Å². The minimum Gasteiger partial charge on any atom is -0.300 e. The van der Waals surface area contributed by atoms with E-state index in [-0.39, 0.29) is 23.7 Å². The first-order valence-corrected chi connectivity index (χ1v) is 6.68. The molecule has 0 saturated heterocycles. The first kappa shape index (κ1) is 18.1. The summed E-state index contributed by atoms with van der Waals surface area (Å²) in [7, 11) is 0. The summed E-state index contributed by atoms with van der Waals surface area (Å²) in [6, 6.07) is 10.5. The summed E-state index contributed by atoms with van der Waals surface area (Å²) in [6.45, 7) is 10.3. The van der Waals surface area contributed by atoms with E-state index in [0.717, 1.165) is 19.5 Å². The standard InChI is InChI=1S/C16H25NO.ClH/c1-14(18)9-8-12-17(16(2,3)4)13-15-10-6-5-7-11-15;/h5-7,10-11H,8-9,12-13H2,1-4H3;1H. The van der Waals surface area contributed by atoms with E-state index in [1.165, 1.54) is 5.56 Å². The van der Waals surface area contributed by atoms with Crippen LogP contribution in [0.3, 0.4) is 0 Å². The van der Waals surface area contributed by atoms with Crippen LogP contribution in [0.1, 0.15) is 46.1 Å². The van der Waals surface area contributed by atoms with Crippen LogP contribution in [0.5, 0.6) is 0 Å². The number of rotatable bonds is 6. The molecule has 0 unspecified atom stereocenters. The quantitative estimate of drug-likeness (QED) is 0.784. The van der Waals surface area contributed by atoms with Crippen LogP contribution < -0.4 is 0 Å². The molecule has 0 spiro atoms. The maximum atomic E-state index is 11.0. The molecule has 3 heteroatoms. The zero-order valence-electron chi connectivity index (χ0n) is 12.5. The lowest BCUT2D eigenvalue weighted by atomic mass is 10.0. The van der Waals surface area contributed by atoms with Gasteiger partial charge in [-0.1, -0.05) is 30.3 Å². The first-order valence-electron chi connectivity index (χ1n) is 6.68. The van der Waals surface area contributed by atoms with Crippen molar-refractivity contribution in [2.75, 3.05) is 6.54 Å². The fourth-order valence-corrected chi connectivity index (χ4v) is 1.97. The van der Waals surface area contributed by atoms with Crippen molar-refractivity contribution in [1.29, 1.82) is 0 Å². The Bertz CT molecular complexity index is 370. The van der Waals surface area contributed by atoms with Crippen molar-refractivity contribution in [1.82, 2.24) is 4.90 Å². The SMILES string of the molecule is CC(=O)CCCN(Cc1ccccc1)C(C)(C)C.Cl. The van der Waals surface area contributed by atoms with Gasteiger partial charge < -0.3 is 4.79 Å². The molecule has 0 amide bonds. The lowest BCUT2D eigenvalue weighted by Gasteiger charge is -2.35. The second-order valence-electron chi connectivity index (χ2n) is 5.88. The molecule has 0 aromatic heterocycles. The maximum Gasteiger partial charge on any atom is 0.129 e. The summed E-state index contributed by atoms with van der Waals surface area (Å²) < 4.78 is 0. The van der Waals surface area contributed by atoms with E-state index < -0.39 is 0 Å². The molecule has 0 bridgehead atoms. The van der Waals surface area contributed by atoms with E-state index in [0.29, 0.717) is 6.42 Å². The summed E-state index contributed by atoms with van der Waals surface area (Å²) in [6.07, 6.45) is 1.63. The van der Waals surface area contributed by atoms with Crippen LogP contribution in [-0.4, -0.2) is 22.8 Å². The smallest absolute Gasteiger partial charge is 0.129 e. The van der Waals surface area contributed by atoms with Crippen molar-refractivity contribution in [3.8, 4) is 0 Å². The summed E-state index contributed by atoms with van der Waals surface area (Å²) >= 11 is 0. The highest BCUT2D eigenvalue weighted by Crippen LogP contribution is 2.18. The molecule has 0 atom stereocenters. The van der Waals surface area contributed by atoms with Gasteiger partial charge in [0.2, 0.25) is 0 Å². The number of nitrogens with zero attached hydrogens (tertiary/aromatic N) is 1. The van der Waals surface area contributed by atoms with Gasteiger partial charge >= 0.3 is 0 Å². The van der Waals surface area contributed by atoms with Crippen LogP contribution in [0.15, 0.2) is 30.3 Å². The Morgan fingerprint density at radius 2 is 1.74 bits per heavy atom. The molecule has 0 saturated carbocycles. The van der Waals surface area contributed by atoms with Crippen molar-refractivity contribution in [3.05, 3.63) is 35.9 Å². The van der Waals surface area contributed by atoms with E-state index in [1.807, 2.05) is 6.07 Å². The van der Waals surface area contributed by atoms with Crippen molar-refractivity contribution < 1.29 is 4.79 Å². The Kier molecular flexibility index (Phi) is 7.96. The third-order valence-electron chi connectivity index (χ3n) is 3.12. The van der Waals surface area contributed by atoms with Gasteiger partial charge in [0.25, 0.3) is 0 Å². The molecule has 0 N–H and O–H groups in total. The van der Waals surface area contributed by atoms with E-state index in [4.69, 9.17) is 0 Å². The van der Waals surface area contributed by atoms with Crippen LogP contribution in [0.2, 0.25) is 0 Å². The molecule has 2 nitrogen and oxygen atoms in total. The molecule has 0 aliphatic heterocycles. The van der Waals surface area contributed by atoms with E-state index in [9.17, 15) is 4.79 Å². The van der Waals surface area contributed by atoms with Gasteiger partial charge in [0, 0.05) is 18.5 Å². The average Bonchev–Trinajstić information content (AvgIpc) is 2.27. The lowest BCUT2D eigenvalue weighted by Crippen LogP contribution is -2.41. The fourth-order valence-electron chi connectivity index (χ4n) is 1.97. The normalized spacial score (nSPS) is 11.2. The Hall–Kier alpha value is -0.860. The van der Waals surface area contributed by atoms with E-state index in [2.05, 4.69) is 49.9 Å². The summed E-state index contributed by atoms with van der Waals surface area (Å²) in [5.74, 6) is 0.281. The Labute approximate surface area is 123 Å². The van der Waals surface area contributed by atoms with Gasteiger partial charge in [-0.25, -0.2) is 0 Å². The Morgan fingerprint density at radius 3 is 2.21 bits per heavy atom. The topological polar surface area (TPSA) is 20.3 Å². The third kappa shape index (κ3) is 7.34. The zero-order chi connectivity index (χ0) is 13.6. The first-order chi connectivity index (χ1) is 8.39. The minimum atomic E-state index is 0. The molecule has 0 radical (unpaired) electrons. The number of hydrogen-bond donors (Lipinski definition) is 0. The molecule has 0 heterocycles. The number of Topliss-reactive ketones (excluding diaryl/α,β-unsaturated/α-hetero) is 1. The van der Waals surface area contributed by atoms with Gasteiger partial charge in [0.05, 0.1) is 0 Å². The highest BCUT2D eigenvalue weighted by molar-refractivity contribution is 5.85. The molecule has 0 aliphatic rings. The minimum absolute atomic E-state index is 0. The fraction of sp³-hybridized carbons (Fsp3) is 0.562. The van der Waals surface area contributed by atoms with Crippen LogP contribution in [0.25, 0.3) is 0 Å². The number of halogens is 1. The van der Waals surface area contributed by atoms with Crippen LogP contribution in [0, 0.1) is 0 Å². The molecule has 1 rings (SSSR count). The second-order valence-corrected chi connectivity index (χ2v) is 5.88. The molecular formula is C16H26ClNO. The molecule has 108 valence electrons. The number of ketones is 1. The maximum absolute atomic E-state index is 11.0. The lowest BCUT2D eigenvalue weighted by molar-refractivity contribution is -0.117. The van der Waals surface area contributed by atoms with Crippen molar-refractivity contribution in [2.45, 2.75) is 52.6 Å². The van der Waals surface area contributed by atoms with E-state index in [1.54, 1.807) is 6.92 Å². The molecule has 0 aliphatic carbocycles. The molecule has 19 heavy (non-hydrogen) atoms. The summed E-state index contributed by atoms with van der Waals surface area (Å²) in [4.78, 5) is 13.5. The van der Waals surface area contributed by atoms with Crippen molar-refractivity contribution in [2.24, 2.45) is 0 Å². The number of carbonyl (C=O) groups excluding carboxylic acids is 1. The van der Waals surface area contributed by atoms with E-state index >= 15 is 0 Å². The average molecular weight is 284 g/mol. The van der Waals surface area contributed by atoms with Gasteiger partial charge in [-0.05, 0) is 46.2 Å². The molecule has 0 fully saturated rings.